The lowest BCUT2D eigenvalue weighted by Crippen LogP contribution is -2.39. The van der Waals surface area contributed by atoms with E-state index in [0.29, 0.717) is 5.56 Å². The molecule has 0 spiro atoms. The molecular weight excluding hydrogens is 366 g/mol. The summed E-state index contributed by atoms with van der Waals surface area (Å²) in [5.74, 6) is 2.30. The molecule has 0 unspecified atom stereocenters. The average molecular weight is 396 g/mol. The lowest BCUT2D eigenvalue weighted by atomic mass is 9.95. The van der Waals surface area contributed by atoms with E-state index in [1.54, 1.807) is 6.20 Å². The van der Waals surface area contributed by atoms with Crippen LogP contribution in [0.5, 0.6) is 0 Å². The maximum Gasteiger partial charge on any atom is 0.255 e. The molecule has 7 nitrogen and oxygen atoms in total. The van der Waals surface area contributed by atoms with E-state index < -0.39 is 0 Å². The van der Waals surface area contributed by atoms with Crippen molar-refractivity contribution >= 4 is 11.7 Å². The molecule has 4 rings (SSSR count). The molecule has 2 aromatic rings. The van der Waals surface area contributed by atoms with Crippen molar-refractivity contribution in [3.63, 3.8) is 0 Å². The van der Waals surface area contributed by atoms with Crippen molar-refractivity contribution in [3.05, 3.63) is 46.7 Å². The van der Waals surface area contributed by atoms with Crippen LogP contribution in [-0.2, 0) is 4.74 Å². The number of pyridine rings is 1. The van der Waals surface area contributed by atoms with E-state index in [0.717, 1.165) is 80.8 Å². The number of aryl methyl sites for hydroxylation is 2. The molecule has 4 heterocycles. The number of aromatic nitrogens is 3. The Labute approximate surface area is 172 Å². The first-order valence-corrected chi connectivity index (χ1v) is 10.4. The molecule has 0 saturated carbocycles. The van der Waals surface area contributed by atoms with Crippen molar-refractivity contribution in [3.8, 4) is 0 Å². The van der Waals surface area contributed by atoms with Crippen molar-refractivity contribution in [2.45, 2.75) is 39.5 Å². The normalized spacial score (nSPS) is 18.2. The number of amides is 1. The van der Waals surface area contributed by atoms with Gasteiger partial charge in [0.1, 0.15) is 11.6 Å². The van der Waals surface area contributed by atoms with Gasteiger partial charge in [0.05, 0.1) is 18.8 Å². The summed E-state index contributed by atoms with van der Waals surface area (Å²) in [6.07, 6.45) is 3.44. The molecule has 2 fully saturated rings. The van der Waals surface area contributed by atoms with Crippen LogP contribution < -0.4 is 4.90 Å². The first kappa shape index (κ1) is 19.8. The first-order valence-electron chi connectivity index (χ1n) is 10.4. The summed E-state index contributed by atoms with van der Waals surface area (Å²) in [6.45, 7) is 10.8. The largest absolute Gasteiger partial charge is 0.378 e. The van der Waals surface area contributed by atoms with E-state index in [9.17, 15) is 4.79 Å². The Morgan fingerprint density at radius 1 is 1.03 bits per heavy atom. The number of morpholine rings is 1. The standard InChI is InChI=1S/C22H29N5O2/c1-15-4-5-19(14-23-15)22(28)27-8-6-18(7-9-27)20-24-17(3)16(2)21(25-20)26-10-12-29-13-11-26/h4-5,14,18H,6-13H2,1-3H3. The Bertz CT molecular complexity index is 870. The van der Waals surface area contributed by atoms with Crippen LogP contribution in [0.4, 0.5) is 5.82 Å². The number of rotatable bonds is 3. The van der Waals surface area contributed by atoms with Crippen molar-refractivity contribution in [1.82, 2.24) is 19.9 Å². The third-order valence-electron chi connectivity index (χ3n) is 6.00. The number of likely N-dealkylation sites (tertiary alicyclic amines) is 1. The topological polar surface area (TPSA) is 71.5 Å². The van der Waals surface area contributed by atoms with Gasteiger partial charge < -0.3 is 14.5 Å². The highest BCUT2D eigenvalue weighted by Crippen LogP contribution is 2.30. The van der Waals surface area contributed by atoms with Gasteiger partial charge in [0.2, 0.25) is 0 Å². The molecule has 0 aliphatic carbocycles. The van der Waals surface area contributed by atoms with Gasteiger partial charge in [0.15, 0.2) is 0 Å². The van der Waals surface area contributed by atoms with Crippen molar-refractivity contribution < 1.29 is 9.53 Å². The van der Waals surface area contributed by atoms with Crippen LogP contribution >= 0.6 is 0 Å². The molecule has 0 N–H and O–H groups in total. The van der Waals surface area contributed by atoms with Crippen molar-refractivity contribution in [2.24, 2.45) is 0 Å². The molecule has 154 valence electrons. The van der Waals surface area contributed by atoms with Gasteiger partial charge in [-0.05, 0) is 45.7 Å². The number of anilines is 1. The second kappa shape index (κ2) is 8.45. The van der Waals surface area contributed by atoms with Crippen LogP contribution in [0.3, 0.4) is 0 Å². The minimum Gasteiger partial charge on any atom is -0.378 e. The minimum atomic E-state index is 0.0611. The summed E-state index contributed by atoms with van der Waals surface area (Å²) in [7, 11) is 0. The van der Waals surface area contributed by atoms with E-state index >= 15 is 0 Å². The van der Waals surface area contributed by atoms with Gasteiger partial charge in [0.25, 0.3) is 5.91 Å². The lowest BCUT2D eigenvalue weighted by Gasteiger charge is -2.33. The minimum absolute atomic E-state index is 0.0611. The first-order chi connectivity index (χ1) is 14.0. The van der Waals surface area contributed by atoms with E-state index in [-0.39, 0.29) is 11.8 Å². The monoisotopic (exact) mass is 395 g/mol. The van der Waals surface area contributed by atoms with E-state index in [2.05, 4.69) is 23.7 Å². The third kappa shape index (κ3) is 4.24. The number of piperidine rings is 1. The zero-order valence-electron chi connectivity index (χ0n) is 17.5. The number of ether oxygens (including phenoxy) is 1. The average Bonchev–Trinajstić information content (AvgIpc) is 2.76. The second-order valence-electron chi connectivity index (χ2n) is 7.97. The van der Waals surface area contributed by atoms with E-state index in [1.165, 1.54) is 0 Å². The molecule has 7 heteroatoms. The van der Waals surface area contributed by atoms with E-state index in [4.69, 9.17) is 14.7 Å². The highest BCUT2D eigenvalue weighted by atomic mass is 16.5. The number of nitrogens with zero attached hydrogens (tertiary/aromatic N) is 5. The van der Waals surface area contributed by atoms with Crippen LogP contribution in [0.15, 0.2) is 18.3 Å². The van der Waals surface area contributed by atoms with Crippen LogP contribution in [0, 0.1) is 20.8 Å². The molecule has 0 radical (unpaired) electrons. The number of carbonyl (C=O) groups is 1. The van der Waals surface area contributed by atoms with Gasteiger partial charge in [-0.25, -0.2) is 9.97 Å². The van der Waals surface area contributed by atoms with Gasteiger partial charge >= 0.3 is 0 Å². The summed E-state index contributed by atoms with van der Waals surface area (Å²) in [5, 5.41) is 0. The molecule has 1 amide bonds. The predicted octanol–water partition coefficient (Wildman–Crippen LogP) is 2.65. The van der Waals surface area contributed by atoms with E-state index in [1.807, 2.05) is 24.0 Å². The maximum atomic E-state index is 12.7. The quantitative estimate of drug-likeness (QED) is 0.796. The van der Waals surface area contributed by atoms with Crippen LogP contribution in [0.2, 0.25) is 0 Å². The van der Waals surface area contributed by atoms with Gasteiger partial charge in [-0.15, -0.1) is 0 Å². The SMILES string of the molecule is Cc1ccc(C(=O)N2CCC(c3nc(C)c(C)c(N4CCOCC4)n3)CC2)cn1. The predicted molar refractivity (Wildman–Crippen MR) is 111 cm³/mol. The summed E-state index contributed by atoms with van der Waals surface area (Å²) in [4.78, 5) is 31.0. The molecule has 2 aromatic heterocycles. The smallest absolute Gasteiger partial charge is 0.255 e. The van der Waals surface area contributed by atoms with Crippen molar-refractivity contribution in [2.75, 3.05) is 44.3 Å². The fourth-order valence-corrected chi connectivity index (χ4v) is 4.02. The number of hydrogen-bond donors (Lipinski definition) is 0. The molecule has 2 aliphatic heterocycles. The summed E-state index contributed by atoms with van der Waals surface area (Å²) in [6, 6.07) is 3.74. The fraction of sp³-hybridized carbons (Fsp3) is 0.545. The van der Waals surface area contributed by atoms with Crippen LogP contribution in [0.25, 0.3) is 0 Å². The van der Waals surface area contributed by atoms with Gasteiger partial charge in [0, 0.05) is 55.2 Å². The summed E-state index contributed by atoms with van der Waals surface area (Å²) < 4.78 is 5.49. The molecule has 0 bridgehead atoms. The molecule has 29 heavy (non-hydrogen) atoms. The zero-order chi connectivity index (χ0) is 20.4. The zero-order valence-corrected chi connectivity index (χ0v) is 17.5. The van der Waals surface area contributed by atoms with Gasteiger partial charge in [-0.1, -0.05) is 0 Å². The fourth-order valence-electron chi connectivity index (χ4n) is 4.02. The number of hydrogen-bond acceptors (Lipinski definition) is 6. The third-order valence-corrected chi connectivity index (χ3v) is 6.00. The molecule has 0 aromatic carbocycles. The van der Waals surface area contributed by atoms with Crippen LogP contribution in [-0.4, -0.2) is 65.2 Å². The Morgan fingerprint density at radius 3 is 2.41 bits per heavy atom. The molecule has 2 aliphatic rings. The number of carbonyl (C=O) groups excluding carboxylic acids is 1. The maximum absolute atomic E-state index is 12.7. The molecule has 2 saturated heterocycles. The van der Waals surface area contributed by atoms with Gasteiger partial charge in [-0.2, -0.15) is 0 Å². The van der Waals surface area contributed by atoms with Gasteiger partial charge in [-0.3, -0.25) is 9.78 Å². The molecular formula is C22H29N5O2. The Balaban J connectivity index is 1.46. The Hall–Kier alpha value is -2.54. The second-order valence-corrected chi connectivity index (χ2v) is 7.97. The summed E-state index contributed by atoms with van der Waals surface area (Å²) in [5.41, 5.74) is 3.77. The highest BCUT2D eigenvalue weighted by Gasteiger charge is 2.28. The highest BCUT2D eigenvalue weighted by molar-refractivity contribution is 5.94. The summed E-state index contributed by atoms with van der Waals surface area (Å²) >= 11 is 0. The Morgan fingerprint density at radius 2 is 1.76 bits per heavy atom. The molecule has 0 atom stereocenters. The lowest BCUT2D eigenvalue weighted by molar-refractivity contribution is 0.0710. The Kier molecular flexibility index (Phi) is 5.76. The van der Waals surface area contributed by atoms with Crippen LogP contribution in [0.1, 0.15) is 51.9 Å². The van der Waals surface area contributed by atoms with Crippen molar-refractivity contribution in [1.29, 1.82) is 0 Å².